The first kappa shape index (κ1) is 10.4. The zero-order valence-electron chi connectivity index (χ0n) is 8.15. The molecule has 0 aliphatic carbocycles. The molecule has 1 atom stereocenters. The molecule has 0 spiro atoms. The van der Waals surface area contributed by atoms with Gasteiger partial charge in [-0.1, -0.05) is 11.2 Å². The van der Waals surface area contributed by atoms with Crippen LogP contribution in [0.2, 0.25) is 0 Å². The van der Waals surface area contributed by atoms with Crippen LogP contribution in [0.4, 0.5) is 0 Å². The minimum Gasteiger partial charge on any atom is -0.358 e. The normalized spacial score (nSPS) is 21.0. The van der Waals surface area contributed by atoms with Crippen molar-refractivity contribution in [3.05, 3.63) is 29.1 Å². The van der Waals surface area contributed by atoms with Crippen molar-refractivity contribution in [2.75, 3.05) is 0 Å². The first-order chi connectivity index (χ1) is 7.20. The van der Waals surface area contributed by atoms with Gasteiger partial charge in [-0.15, -0.1) is 6.58 Å². The van der Waals surface area contributed by atoms with Gasteiger partial charge in [0.2, 0.25) is 5.91 Å². The van der Waals surface area contributed by atoms with E-state index in [4.69, 9.17) is 4.52 Å². The Morgan fingerprint density at radius 1 is 1.80 bits per heavy atom. The molecule has 0 unspecified atom stereocenters. The highest BCUT2D eigenvalue weighted by Gasteiger charge is 2.29. The fourth-order valence-electron chi connectivity index (χ4n) is 1.74. The fraction of sp³-hybridized carbons (Fsp3) is 0.400. The number of nitrogens with zero attached hydrogens (tertiary/aromatic N) is 2. The first-order valence-electron chi connectivity index (χ1n) is 4.74. The average molecular weight is 271 g/mol. The standard InChI is InChI=1S/C10H11BrN2O2/c1-2-7-3-4-10(14)13(7)6-8-5-9(11)12-15-8/h2,5,7H,1,3-4,6H2/t7-/m1/s1. The van der Waals surface area contributed by atoms with Crippen molar-refractivity contribution < 1.29 is 9.32 Å². The molecule has 80 valence electrons. The van der Waals surface area contributed by atoms with Gasteiger partial charge in [-0.05, 0) is 22.4 Å². The van der Waals surface area contributed by atoms with Gasteiger partial charge in [0.1, 0.15) is 4.60 Å². The Morgan fingerprint density at radius 3 is 3.20 bits per heavy atom. The molecule has 0 bridgehead atoms. The summed E-state index contributed by atoms with van der Waals surface area (Å²) in [5.74, 6) is 0.830. The number of carbonyl (C=O) groups is 1. The summed E-state index contributed by atoms with van der Waals surface area (Å²) in [6.45, 7) is 4.19. The van der Waals surface area contributed by atoms with Crippen molar-refractivity contribution >= 4 is 21.8 Å². The largest absolute Gasteiger partial charge is 0.358 e. The summed E-state index contributed by atoms with van der Waals surface area (Å²) in [5, 5.41) is 3.71. The zero-order valence-corrected chi connectivity index (χ0v) is 9.74. The lowest BCUT2D eigenvalue weighted by Gasteiger charge is -2.20. The van der Waals surface area contributed by atoms with Crippen molar-refractivity contribution in [2.45, 2.75) is 25.4 Å². The Hall–Kier alpha value is -1.10. The Kier molecular flexibility index (Phi) is 2.90. The summed E-state index contributed by atoms with van der Waals surface area (Å²) >= 11 is 3.20. The van der Waals surface area contributed by atoms with Crippen LogP contribution < -0.4 is 0 Å². The number of carbonyl (C=O) groups excluding carboxylic acids is 1. The van der Waals surface area contributed by atoms with E-state index in [2.05, 4.69) is 27.7 Å². The number of aromatic nitrogens is 1. The predicted molar refractivity (Wildman–Crippen MR) is 58.0 cm³/mol. The third-order valence-electron chi connectivity index (χ3n) is 2.50. The van der Waals surface area contributed by atoms with E-state index in [0.29, 0.717) is 23.3 Å². The third kappa shape index (κ3) is 2.12. The third-order valence-corrected chi connectivity index (χ3v) is 2.88. The average Bonchev–Trinajstić information content (AvgIpc) is 2.76. The molecule has 5 heteroatoms. The molecule has 1 aromatic rings. The summed E-state index contributed by atoms with van der Waals surface area (Å²) in [6, 6.07) is 1.90. The monoisotopic (exact) mass is 270 g/mol. The van der Waals surface area contributed by atoms with Crippen LogP contribution in [0.1, 0.15) is 18.6 Å². The number of halogens is 1. The van der Waals surface area contributed by atoms with E-state index in [1.807, 2.05) is 0 Å². The molecule has 0 radical (unpaired) electrons. The van der Waals surface area contributed by atoms with Gasteiger partial charge >= 0.3 is 0 Å². The highest BCUT2D eigenvalue weighted by Crippen LogP contribution is 2.22. The van der Waals surface area contributed by atoms with Crippen LogP contribution in [0.15, 0.2) is 27.8 Å². The van der Waals surface area contributed by atoms with Gasteiger partial charge in [-0.25, -0.2) is 0 Å². The smallest absolute Gasteiger partial charge is 0.223 e. The molecule has 1 amide bonds. The Bertz CT molecular complexity index is 389. The maximum Gasteiger partial charge on any atom is 0.223 e. The van der Waals surface area contributed by atoms with E-state index in [1.165, 1.54) is 0 Å². The molecule has 1 aliphatic heterocycles. The van der Waals surface area contributed by atoms with Crippen molar-refractivity contribution in [3.63, 3.8) is 0 Å². The van der Waals surface area contributed by atoms with E-state index in [9.17, 15) is 4.79 Å². The molecular formula is C10H11BrN2O2. The highest BCUT2D eigenvalue weighted by molar-refractivity contribution is 9.10. The first-order valence-corrected chi connectivity index (χ1v) is 5.53. The SMILES string of the molecule is C=C[C@@H]1CCC(=O)N1Cc1cc(Br)no1. The van der Waals surface area contributed by atoms with Crippen LogP contribution in [-0.2, 0) is 11.3 Å². The van der Waals surface area contributed by atoms with E-state index >= 15 is 0 Å². The van der Waals surface area contributed by atoms with Crippen LogP contribution in [0.25, 0.3) is 0 Å². The molecule has 1 aromatic heterocycles. The molecule has 1 fully saturated rings. The van der Waals surface area contributed by atoms with Gasteiger partial charge < -0.3 is 9.42 Å². The lowest BCUT2D eigenvalue weighted by atomic mass is 10.2. The summed E-state index contributed by atoms with van der Waals surface area (Å²) in [7, 11) is 0. The maximum absolute atomic E-state index is 11.6. The summed E-state index contributed by atoms with van der Waals surface area (Å²) in [6.07, 6.45) is 3.24. The molecule has 0 saturated carbocycles. The minimum absolute atomic E-state index is 0.126. The van der Waals surface area contributed by atoms with Crippen molar-refractivity contribution in [1.29, 1.82) is 0 Å². The summed E-state index contributed by atoms with van der Waals surface area (Å²) in [4.78, 5) is 13.3. The van der Waals surface area contributed by atoms with Gasteiger partial charge in [0.05, 0.1) is 12.6 Å². The lowest BCUT2D eigenvalue weighted by molar-refractivity contribution is -0.129. The molecule has 1 aliphatic rings. The van der Waals surface area contributed by atoms with Crippen LogP contribution >= 0.6 is 15.9 Å². The lowest BCUT2D eigenvalue weighted by Crippen LogP contribution is -2.30. The molecule has 1 saturated heterocycles. The molecule has 4 nitrogen and oxygen atoms in total. The maximum atomic E-state index is 11.6. The molecule has 2 heterocycles. The topological polar surface area (TPSA) is 46.3 Å². The molecule has 0 N–H and O–H groups in total. The molecular weight excluding hydrogens is 260 g/mol. The van der Waals surface area contributed by atoms with Crippen molar-refractivity contribution in [1.82, 2.24) is 10.1 Å². The van der Waals surface area contributed by atoms with Crippen LogP contribution in [0, 0.1) is 0 Å². The van der Waals surface area contributed by atoms with Crippen LogP contribution in [-0.4, -0.2) is 22.0 Å². The van der Waals surface area contributed by atoms with E-state index in [1.54, 1.807) is 17.0 Å². The van der Waals surface area contributed by atoms with Gasteiger partial charge in [-0.3, -0.25) is 4.79 Å². The molecule has 15 heavy (non-hydrogen) atoms. The fourth-order valence-corrected chi connectivity index (χ4v) is 2.06. The minimum atomic E-state index is 0.126. The molecule has 0 aromatic carbocycles. The Balaban J connectivity index is 2.10. The van der Waals surface area contributed by atoms with E-state index in [0.717, 1.165) is 6.42 Å². The molecule has 2 rings (SSSR count). The summed E-state index contributed by atoms with van der Waals surface area (Å²) in [5.41, 5.74) is 0. The van der Waals surface area contributed by atoms with Gasteiger partial charge in [0.25, 0.3) is 0 Å². The second-order valence-corrected chi connectivity index (χ2v) is 4.29. The second-order valence-electron chi connectivity index (χ2n) is 3.48. The van der Waals surface area contributed by atoms with Gasteiger partial charge in [0.15, 0.2) is 5.76 Å². The quantitative estimate of drug-likeness (QED) is 0.791. The van der Waals surface area contributed by atoms with E-state index in [-0.39, 0.29) is 11.9 Å². The predicted octanol–water partition coefficient (Wildman–Crippen LogP) is 2.11. The highest BCUT2D eigenvalue weighted by atomic mass is 79.9. The van der Waals surface area contributed by atoms with Gasteiger partial charge in [0, 0.05) is 12.5 Å². The summed E-state index contributed by atoms with van der Waals surface area (Å²) < 4.78 is 5.69. The number of hydrogen-bond acceptors (Lipinski definition) is 3. The number of hydrogen-bond donors (Lipinski definition) is 0. The number of rotatable bonds is 3. The zero-order chi connectivity index (χ0) is 10.8. The Morgan fingerprint density at radius 2 is 2.60 bits per heavy atom. The van der Waals surface area contributed by atoms with Crippen LogP contribution in [0.5, 0.6) is 0 Å². The second kappa shape index (κ2) is 4.18. The van der Waals surface area contributed by atoms with Crippen LogP contribution in [0.3, 0.4) is 0 Å². The van der Waals surface area contributed by atoms with Gasteiger partial charge in [-0.2, -0.15) is 0 Å². The Labute approximate surface area is 96.0 Å². The van der Waals surface area contributed by atoms with Crippen molar-refractivity contribution in [3.8, 4) is 0 Å². The van der Waals surface area contributed by atoms with Crippen molar-refractivity contribution in [2.24, 2.45) is 0 Å². The number of amides is 1. The van der Waals surface area contributed by atoms with E-state index < -0.39 is 0 Å². The number of likely N-dealkylation sites (tertiary alicyclic amines) is 1.